The number of hydrogen-bond donors (Lipinski definition) is 0. The summed E-state index contributed by atoms with van der Waals surface area (Å²) in [7, 11) is 0. The second-order valence-electron chi connectivity index (χ2n) is 7.04. The summed E-state index contributed by atoms with van der Waals surface area (Å²) in [5.41, 5.74) is 9.81. The molecular formula is C24H17N. The Hall–Kier alpha value is -3.06. The smallest absolute Gasteiger partial charge is 0.0575 e. The zero-order valence-electron chi connectivity index (χ0n) is 13.9. The van der Waals surface area contributed by atoms with Crippen molar-refractivity contribution >= 4 is 27.8 Å². The number of fused-ring (bicyclic) bond motifs is 6. The third-order valence-corrected chi connectivity index (χ3v) is 5.63. The van der Waals surface area contributed by atoms with Crippen LogP contribution in [0.15, 0.2) is 78.9 Å². The van der Waals surface area contributed by atoms with Crippen LogP contribution in [-0.2, 0) is 12.8 Å². The molecule has 0 amide bonds. The lowest BCUT2D eigenvalue weighted by atomic mass is 9.85. The highest BCUT2D eigenvalue weighted by atomic mass is 15.2. The van der Waals surface area contributed by atoms with E-state index in [2.05, 4.69) is 83.8 Å². The van der Waals surface area contributed by atoms with E-state index in [4.69, 9.17) is 0 Å². The van der Waals surface area contributed by atoms with Gasteiger partial charge < -0.3 is 4.90 Å². The summed E-state index contributed by atoms with van der Waals surface area (Å²) in [6.45, 7) is 0. The molecule has 1 nitrogen and oxygen atoms in total. The van der Waals surface area contributed by atoms with Crippen LogP contribution < -0.4 is 4.90 Å². The van der Waals surface area contributed by atoms with E-state index in [0.29, 0.717) is 0 Å². The average molecular weight is 319 g/mol. The molecule has 4 aromatic rings. The number of para-hydroxylation sites is 2. The minimum Gasteiger partial charge on any atom is -0.309 e. The lowest BCUT2D eigenvalue weighted by Gasteiger charge is -2.40. The zero-order chi connectivity index (χ0) is 16.4. The van der Waals surface area contributed by atoms with Crippen LogP contribution in [0.4, 0.5) is 17.1 Å². The second kappa shape index (κ2) is 4.73. The molecule has 118 valence electrons. The summed E-state index contributed by atoms with van der Waals surface area (Å²) >= 11 is 0. The largest absolute Gasteiger partial charge is 0.309 e. The number of rotatable bonds is 0. The standard InChI is InChI=1S/C24H17N/c1-3-10-21-16(6-1)12-13-20-15-19-9-5-8-18-14-17-7-2-4-11-22(17)25(23(18)19)24(20)21/h1-13H,14-15H2. The SMILES string of the molecule is c1ccc2c(c1)Cc1cccc3c1N2c1c(ccc2ccccc12)C3. The van der Waals surface area contributed by atoms with Crippen LogP contribution in [0.25, 0.3) is 10.8 Å². The van der Waals surface area contributed by atoms with Gasteiger partial charge in [0.2, 0.25) is 0 Å². The number of hydrogen-bond acceptors (Lipinski definition) is 1. The lowest BCUT2D eigenvalue weighted by Crippen LogP contribution is -2.24. The van der Waals surface area contributed by atoms with Gasteiger partial charge in [-0.25, -0.2) is 0 Å². The summed E-state index contributed by atoms with van der Waals surface area (Å²) < 4.78 is 0. The first-order chi connectivity index (χ1) is 12.4. The van der Waals surface area contributed by atoms with Crippen LogP contribution in [0.3, 0.4) is 0 Å². The van der Waals surface area contributed by atoms with E-state index in [-0.39, 0.29) is 0 Å². The molecule has 0 atom stereocenters. The first kappa shape index (κ1) is 13.3. The molecule has 0 radical (unpaired) electrons. The Morgan fingerprint density at radius 1 is 0.520 bits per heavy atom. The summed E-state index contributed by atoms with van der Waals surface area (Å²) in [6, 6.07) is 29.0. The molecule has 0 unspecified atom stereocenters. The number of anilines is 3. The number of benzene rings is 4. The maximum Gasteiger partial charge on any atom is 0.0575 e. The van der Waals surface area contributed by atoms with Gasteiger partial charge in [0.1, 0.15) is 0 Å². The van der Waals surface area contributed by atoms with Crippen LogP contribution in [0, 0.1) is 0 Å². The van der Waals surface area contributed by atoms with Gasteiger partial charge in [-0.05, 0) is 33.7 Å². The van der Waals surface area contributed by atoms with E-state index in [1.165, 1.54) is 50.1 Å². The normalized spacial score (nSPS) is 14.0. The molecule has 2 aliphatic heterocycles. The van der Waals surface area contributed by atoms with E-state index >= 15 is 0 Å². The molecule has 0 saturated heterocycles. The minimum absolute atomic E-state index is 1.02. The highest BCUT2D eigenvalue weighted by Gasteiger charge is 2.31. The molecule has 0 spiro atoms. The fourth-order valence-electron chi connectivity index (χ4n) is 4.57. The summed E-state index contributed by atoms with van der Waals surface area (Å²) in [5.74, 6) is 0. The van der Waals surface area contributed by atoms with Crippen LogP contribution in [-0.4, -0.2) is 0 Å². The van der Waals surface area contributed by atoms with E-state index in [0.717, 1.165) is 12.8 Å². The monoisotopic (exact) mass is 319 g/mol. The Morgan fingerprint density at radius 2 is 1.20 bits per heavy atom. The molecule has 0 fully saturated rings. The predicted molar refractivity (Wildman–Crippen MR) is 104 cm³/mol. The van der Waals surface area contributed by atoms with Gasteiger partial charge in [-0.3, -0.25) is 0 Å². The molecule has 0 saturated carbocycles. The Labute approximate surface area is 147 Å². The van der Waals surface area contributed by atoms with Gasteiger partial charge in [0, 0.05) is 23.9 Å². The Kier molecular flexibility index (Phi) is 2.51. The molecule has 0 aromatic heterocycles. The summed E-state index contributed by atoms with van der Waals surface area (Å²) in [5, 5.41) is 2.65. The van der Waals surface area contributed by atoms with Gasteiger partial charge in [0.25, 0.3) is 0 Å². The average Bonchev–Trinajstić information content (AvgIpc) is 2.67. The molecule has 1 heteroatoms. The molecule has 0 bridgehead atoms. The first-order valence-corrected chi connectivity index (χ1v) is 8.89. The van der Waals surface area contributed by atoms with Gasteiger partial charge in [-0.15, -0.1) is 0 Å². The summed E-state index contributed by atoms with van der Waals surface area (Å²) in [4.78, 5) is 2.52. The van der Waals surface area contributed by atoms with Crippen molar-refractivity contribution < 1.29 is 0 Å². The van der Waals surface area contributed by atoms with E-state index < -0.39 is 0 Å². The predicted octanol–water partition coefficient (Wildman–Crippen LogP) is 6.12. The summed E-state index contributed by atoms with van der Waals surface area (Å²) in [6.07, 6.45) is 2.04. The fourth-order valence-corrected chi connectivity index (χ4v) is 4.57. The van der Waals surface area contributed by atoms with Crippen molar-refractivity contribution in [1.29, 1.82) is 0 Å². The molecule has 2 heterocycles. The molecule has 2 aliphatic rings. The topological polar surface area (TPSA) is 3.24 Å². The van der Waals surface area contributed by atoms with Gasteiger partial charge in [-0.2, -0.15) is 0 Å². The molecule has 4 aromatic carbocycles. The molecule has 0 aliphatic carbocycles. The van der Waals surface area contributed by atoms with Crippen molar-refractivity contribution in [2.75, 3.05) is 4.90 Å². The van der Waals surface area contributed by atoms with E-state index in [1.807, 2.05) is 0 Å². The highest BCUT2D eigenvalue weighted by Crippen LogP contribution is 2.52. The highest BCUT2D eigenvalue weighted by molar-refractivity contribution is 6.03. The van der Waals surface area contributed by atoms with Gasteiger partial charge >= 0.3 is 0 Å². The Bertz CT molecular complexity index is 1140. The van der Waals surface area contributed by atoms with Crippen molar-refractivity contribution in [3.8, 4) is 0 Å². The van der Waals surface area contributed by atoms with Crippen LogP contribution in [0.2, 0.25) is 0 Å². The van der Waals surface area contributed by atoms with Gasteiger partial charge in [-0.1, -0.05) is 72.8 Å². The Morgan fingerprint density at radius 3 is 2.12 bits per heavy atom. The van der Waals surface area contributed by atoms with Crippen molar-refractivity contribution in [2.45, 2.75) is 12.8 Å². The van der Waals surface area contributed by atoms with Crippen molar-refractivity contribution in [3.05, 3.63) is 101 Å². The van der Waals surface area contributed by atoms with Crippen molar-refractivity contribution in [1.82, 2.24) is 0 Å². The van der Waals surface area contributed by atoms with Gasteiger partial charge in [0.05, 0.1) is 11.4 Å². The molecule has 0 N–H and O–H groups in total. The molecule has 6 rings (SSSR count). The quantitative estimate of drug-likeness (QED) is 0.326. The van der Waals surface area contributed by atoms with Gasteiger partial charge in [0.15, 0.2) is 0 Å². The van der Waals surface area contributed by atoms with Crippen LogP contribution >= 0.6 is 0 Å². The van der Waals surface area contributed by atoms with E-state index in [9.17, 15) is 0 Å². The second-order valence-corrected chi connectivity index (χ2v) is 7.04. The number of nitrogens with zero attached hydrogens (tertiary/aromatic N) is 1. The molecule has 25 heavy (non-hydrogen) atoms. The van der Waals surface area contributed by atoms with Crippen LogP contribution in [0.5, 0.6) is 0 Å². The minimum atomic E-state index is 1.02. The van der Waals surface area contributed by atoms with E-state index in [1.54, 1.807) is 0 Å². The Balaban J connectivity index is 1.77. The maximum absolute atomic E-state index is 2.52. The third-order valence-electron chi connectivity index (χ3n) is 5.63. The zero-order valence-corrected chi connectivity index (χ0v) is 13.9. The fraction of sp³-hybridized carbons (Fsp3) is 0.0833. The molecular weight excluding hydrogens is 302 g/mol. The van der Waals surface area contributed by atoms with Crippen LogP contribution in [0.1, 0.15) is 22.3 Å². The lowest BCUT2D eigenvalue weighted by molar-refractivity contribution is 1.02. The maximum atomic E-state index is 2.52. The first-order valence-electron chi connectivity index (χ1n) is 8.89. The third kappa shape index (κ3) is 1.73. The van der Waals surface area contributed by atoms with Crippen molar-refractivity contribution in [3.63, 3.8) is 0 Å². The van der Waals surface area contributed by atoms with Crippen molar-refractivity contribution in [2.24, 2.45) is 0 Å².